The van der Waals surface area contributed by atoms with Gasteiger partial charge in [0.15, 0.2) is 0 Å². The molecule has 2 N–H and O–H groups in total. The Morgan fingerprint density at radius 2 is 1.61 bits per heavy atom. The lowest BCUT2D eigenvalue weighted by molar-refractivity contribution is 0.0991. The van der Waals surface area contributed by atoms with Crippen molar-refractivity contribution in [3.05, 3.63) is 72.6 Å². The third-order valence-electron chi connectivity index (χ3n) is 5.12. The van der Waals surface area contributed by atoms with E-state index in [0.29, 0.717) is 5.69 Å². The molecule has 8 heteroatoms. The Morgan fingerprint density at radius 1 is 0.871 bits per heavy atom. The van der Waals surface area contributed by atoms with Crippen LogP contribution in [0.15, 0.2) is 71.1 Å². The molecule has 5 rings (SSSR count). The van der Waals surface area contributed by atoms with E-state index in [1.165, 1.54) is 0 Å². The predicted octanol–water partition coefficient (Wildman–Crippen LogP) is 4.06. The first-order chi connectivity index (χ1) is 15.2. The maximum absolute atomic E-state index is 12.5. The van der Waals surface area contributed by atoms with E-state index in [1.54, 1.807) is 0 Å². The minimum atomic E-state index is -0.460. The highest BCUT2D eigenvalue weighted by Crippen LogP contribution is 2.23. The maximum Gasteiger partial charge on any atom is 0.320 e. The van der Waals surface area contributed by atoms with Gasteiger partial charge in [0.25, 0.3) is 0 Å². The Hall–Kier alpha value is -3.91. The number of anilines is 4. The Morgan fingerprint density at radius 3 is 2.42 bits per heavy atom. The molecule has 1 aliphatic rings. The molecule has 0 radical (unpaired) electrons. The van der Waals surface area contributed by atoms with E-state index in [0.717, 1.165) is 48.5 Å². The highest BCUT2D eigenvalue weighted by atomic mass is 16.5. The summed E-state index contributed by atoms with van der Waals surface area (Å²) in [6, 6.07) is 21.8. The highest BCUT2D eigenvalue weighted by Gasteiger charge is 2.16. The quantitative estimate of drug-likeness (QED) is 0.508. The van der Waals surface area contributed by atoms with Crippen molar-refractivity contribution < 1.29 is 13.9 Å². The zero-order valence-corrected chi connectivity index (χ0v) is 16.7. The van der Waals surface area contributed by atoms with Gasteiger partial charge in [0.1, 0.15) is 0 Å². The van der Waals surface area contributed by atoms with Gasteiger partial charge in [-0.2, -0.15) is 0 Å². The van der Waals surface area contributed by atoms with E-state index in [2.05, 4.69) is 25.7 Å². The molecule has 0 unspecified atom stereocenters. The van der Waals surface area contributed by atoms with Crippen molar-refractivity contribution >= 4 is 39.8 Å². The molecule has 0 aliphatic carbocycles. The van der Waals surface area contributed by atoms with Crippen LogP contribution in [0.1, 0.15) is 10.7 Å². The fourth-order valence-corrected chi connectivity index (χ4v) is 3.52. The molecule has 1 saturated heterocycles. The molecular formula is C23H21N5O3. The summed E-state index contributed by atoms with van der Waals surface area (Å²) in [5.74, 6) is -0.571. The van der Waals surface area contributed by atoms with E-state index in [-0.39, 0.29) is 11.9 Å². The minimum Gasteiger partial charge on any atom is -0.399 e. The molecule has 0 bridgehead atoms. The van der Waals surface area contributed by atoms with Crippen LogP contribution in [0, 0.1) is 0 Å². The summed E-state index contributed by atoms with van der Waals surface area (Å²) in [6.07, 6.45) is 0. The maximum atomic E-state index is 12.5. The van der Waals surface area contributed by atoms with E-state index in [9.17, 15) is 4.79 Å². The number of amides is 1. The first-order valence-electron chi connectivity index (χ1n) is 10.1. The molecule has 1 fully saturated rings. The van der Waals surface area contributed by atoms with Crippen LogP contribution in [0.3, 0.4) is 0 Å². The lowest BCUT2D eigenvalue weighted by Crippen LogP contribution is -2.36. The van der Waals surface area contributed by atoms with Gasteiger partial charge >= 0.3 is 17.8 Å². The molecule has 31 heavy (non-hydrogen) atoms. The molecule has 3 aromatic carbocycles. The minimum absolute atomic E-state index is 0.111. The monoisotopic (exact) mass is 415 g/mol. The topological polar surface area (TPSA) is 92.5 Å². The van der Waals surface area contributed by atoms with Crippen molar-refractivity contribution in [2.24, 2.45) is 0 Å². The van der Waals surface area contributed by atoms with Gasteiger partial charge in [-0.3, -0.25) is 4.79 Å². The lowest BCUT2D eigenvalue weighted by atomic mass is 10.1. The van der Waals surface area contributed by atoms with Crippen LogP contribution < -0.4 is 15.5 Å². The van der Waals surface area contributed by atoms with Gasteiger partial charge < -0.3 is 24.7 Å². The van der Waals surface area contributed by atoms with Crippen molar-refractivity contribution in [1.82, 2.24) is 10.2 Å². The summed E-state index contributed by atoms with van der Waals surface area (Å²) in [4.78, 5) is 14.7. The van der Waals surface area contributed by atoms with Gasteiger partial charge in [-0.25, -0.2) is 0 Å². The zero-order chi connectivity index (χ0) is 21.0. The Balaban J connectivity index is 1.23. The summed E-state index contributed by atoms with van der Waals surface area (Å²) in [6.45, 7) is 3.18. The number of nitrogens with zero attached hydrogens (tertiary/aromatic N) is 3. The second-order valence-electron chi connectivity index (χ2n) is 7.20. The van der Waals surface area contributed by atoms with Crippen molar-refractivity contribution in [2.75, 3.05) is 41.8 Å². The number of carbonyl (C=O) groups excluding carboxylic acids is 1. The smallest absolute Gasteiger partial charge is 0.320 e. The van der Waals surface area contributed by atoms with E-state index in [1.807, 2.05) is 66.7 Å². The summed E-state index contributed by atoms with van der Waals surface area (Å²) in [7, 11) is 0. The summed E-state index contributed by atoms with van der Waals surface area (Å²) < 4.78 is 10.9. The van der Waals surface area contributed by atoms with Gasteiger partial charge in [0.05, 0.1) is 13.2 Å². The molecule has 0 atom stereocenters. The fraction of sp³-hybridized carbons (Fsp3) is 0.174. The average Bonchev–Trinajstić information content (AvgIpc) is 3.29. The molecule has 0 spiro atoms. The molecular weight excluding hydrogens is 394 g/mol. The number of nitrogens with one attached hydrogen (secondary N) is 2. The number of rotatable bonds is 5. The number of hydrogen-bond acceptors (Lipinski definition) is 7. The second-order valence-corrected chi connectivity index (χ2v) is 7.20. The number of carbonyl (C=O) groups is 1. The van der Waals surface area contributed by atoms with Crippen LogP contribution in [-0.4, -0.2) is 42.4 Å². The normalized spacial score (nSPS) is 13.9. The molecule has 2 heterocycles. The Bertz CT molecular complexity index is 1200. The fourth-order valence-electron chi connectivity index (χ4n) is 3.52. The number of hydrogen-bond donors (Lipinski definition) is 2. The van der Waals surface area contributed by atoms with Crippen LogP contribution in [0.4, 0.5) is 23.1 Å². The zero-order valence-electron chi connectivity index (χ0n) is 16.7. The van der Waals surface area contributed by atoms with Crippen LogP contribution in [0.2, 0.25) is 0 Å². The third-order valence-corrected chi connectivity index (χ3v) is 5.12. The Kier molecular flexibility index (Phi) is 5.20. The molecule has 1 aliphatic heterocycles. The van der Waals surface area contributed by atoms with Gasteiger partial charge in [0, 0.05) is 30.2 Å². The lowest BCUT2D eigenvalue weighted by Gasteiger charge is -2.28. The van der Waals surface area contributed by atoms with Crippen molar-refractivity contribution in [3.63, 3.8) is 0 Å². The van der Waals surface area contributed by atoms with Crippen LogP contribution >= 0.6 is 0 Å². The predicted molar refractivity (Wildman–Crippen MR) is 119 cm³/mol. The first kappa shape index (κ1) is 19.1. The van der Waals surface area contributed by atoms with Crippen LogP contribution in [-0.2, 0) is 4.74 Å². The molecule has 1 amide bonds. The SMILES string of the molecule is O=C(Nc1ccc(N2CCOCC2)cc1)c1nnc(Nc2ccc3ccccc3c2)o1. The van der Waals surface area contributed by atoms with Crippen LogP contribution in [0.25, 0.3) is 10.8 Å². The van der Waals surface area contributed by atoms with Crippen molar-refractivity contribution in [1.29, 1.82) is 0 Å². The molecule has 0 saturated carbocycles. The number of aromatic nitrogens is 2. The molecule has 156 valence electrons. The Labute approximate surface area is 178 Å². The standard InChI is InChI=1S/C23H21N5O3/c29-21(24-18-7-9-20(10-8-18)28-11-13-30-14-12-28)22-26-27-23(31-22)25-19-6-5-16-3-1-2-4-17(16)15-19/h1-10,15H,11-14H2,(H,24,29)(H,25,27). The third kappa shape index (κ3) is 4.34. The van der Waals surface area contributed by atoms with Gasteiger partial charge in [-0.15, -0.1) is 5.10 Å². The first-order valence-corrected chi connectivity index (χ1v) is 10.1. The van der Waals surface area contributed by atoms with Crippen molar-refractivity contribution in [2.45, 2.75) is 0 Å². The van der Waals surface area contributed by atoms with Crippen LogP contribution in [0.5, 0.6) is 0 Å². The number of ether oxygens (including phenoxy) is 1. The number of benzene rings is 3. The summed E-state index contributed by atoms with van der Waals surface area (Å²) in [5.41, 5.74) is 2.55. The van der Waals surface area contributed by atoms with Gasteiger partial charge in [-0.05, 0) is 47.2 Å². The largest absolute Gasteiger partial charge is 0.399 e. The summed E-state index contributed by atoms with van der Waals surface area (Å²) in [5, 5.41) is 15.8. The van der Waals surface area contributed by atoms with E-state index in [4.69, 9.17) is 9.15 Å². The number of fused-ring (bicyclic) bond motifs is 1. The number of morpholine rings is 1. The van der Waals surface area contributed by atoms with Gasteiger partial charge in [0.2, 0.25) is 0 Å². The second kappa shape index (κ2) is 8.45. The molecule has 1 aromatic heterocycles. The van der Waals surface area contributed by atoms with Crippen molar-refractivity contribution in [3.8, 4) is 0 Å². The average molecular weight is 415 g/mol. The van der Waals surface area contributed by atoms with Gasteiger partial charge in [-0.1, -0.05) is 35.4 Å². The van der Waals surface area contributed by atoms with E-state index < -0.39 is 5.91 Å². The highest BCUT2D eigenvalue weighted by molar-refractivity contribution is 6.01. The summed E-state index contributed by atoms with van der Waals surface area (Å²) >= 11 is 0. The molecule has 8 nitrogen and oxygen atoms in total. The van der Waals surface area contributed by atoms with E-state index >= 15 is 0 Å². The molecule has 4 aromatic rings.